The second-order valence-electron chi connectivity index (χ2n) is 6.93. The number of carbonyl (C=O) groups excluding carboxylic acids is 2. The van der Waals surface area contributed by atoms with Crippen LogP contribution in [0.3, 0.4) is 0 Å². The van der Waals surface area contributed by atoms with E-state index in [1.165, 1.54) is 37.3 Å². The minimum absolute atomic E-state index is 0.0114. The van der Waals surface area contributed by atoms with Crippen LogP contribution in [0.2, 0.25) is 0 Å². The van der Waals surface area contributed by atoms with Crippen molar-refractivity contribution in [2.24, 2.45) is 0 Å². The molecule has 1 amide bonds. The van der Waals surface area contributed by atoms with E-state index in [1.807, 2.05) is 0 Å². The number of fused-ring (bicyclic) bond motifs is 1. The highest BCUT2D eigenvalue weighted by atomic mass is 32.2. The topological polar surface area (TPSA) is 102 Å². The second-order valence-corrected chi connectivity index (χ2v) is 8.86. The molecular weight excluding hydrogens is 420 g/mol. The summed E-state index contributed by atoms with van der Waals surface area (Å²) in [7, 11) is -3.97. The van der Waals surface area contributed by atoms with Gasteiger partial charge in [-0.3, -0.25) is 9.59 Å². The Labute approximate surface area is 181 Å². The molecule has 2 aromatic carbocycles. The van der Waals surface area contributed by atoms with Crippen LogP contribution in [0.15, 0.2) is 60.0 Å². The van der Waals surface area contributed by atoms with Crippen molar-refractivity contribution in [3.8, 4) is 11.5 Å². The molecule has 3 rings (SSSR count). The van der Waals surface area contributed by atoms with E-state index in [1.54, 1.807) is 18.2 Å². The molecule has 1 N–H and O–H groups in total. The van der Waals surface area contributed by atoms with E-state index in [2.05, 4.69) is 11.9 Å². The van der Waals surface area contributed by atoms with Crippen LogP contribution < -0.4 is 14.8 Å². The molecule has 0 aromatic heterocycles. The lowest BCUT2D eigenvalue weighted by Crippen LogP contribution is -2.38. The van der Waals surface area contributed by atoms with Crippen LogP contribution in [0.1, 0.15) is 23.7 Å². The van der Waals surface area contributed by atoms with Gasteiger partial charge in [-0.25, -0.2) is 8.42 Å². The summed E-state index contributed by atoms with van der Waals surface area (Å²) in [6.45, 7) is 5.59. The second kappa shape index (κ2) is 9.76. The first-order chi connectivity index (χ1) is 14.8. The Kier molecular flexibility index (Phi) is 7.09. The standard InChI is InChI=1S/C22H24N2O6S/c1-3-11-24(31(27,28)19-8-5-17(6-9-19)16(2)25)15-22(26)23-18-7-10-20-21(14-18)30-13-4-12-29-20/h3,5-10,14H,1,4,11-13,15H2,2H3,(H,23,26). The summed E-state index contributed by atoms with van der Waals surface area (Å²) in [6.07, 6.45) is 2.17. The van der Waals surface area contributed by atoms with E-state index in [4.69, 9.17) is 9.47 Å². The van der Waals surface area contributed by atoms with Gasteiger partial charge >= 0.3 is 0 Å². The predicted octanol–water partition coefficient (Wildman–Crippen LogP) is 2.87. The van der Waals surface area contributed by atoms with Gasteiger partial charge in [-0.05, 0) is 31.2 Å². The van der Waals surface area contributed by atoms with Crippen LogP contribution in [-0.4, -0.2) is 50.7 Å². The third-order valence-electron chi connectivity index (χ3n) is 4.58. The summed E-state index contributed by atoms with van der Waals surface area (Å²) in [6, 6.07) is 10.6. The third-order valence-corrected chi connectivity index (χ3v) is 6.41. The minimum Gasteiger partial charge on any atom is -0.490 e. The molecule has 0 fully saturated rings. The monoisotopic (exact) mass is 444 g/mol. The summed E-state index contributed by atoms with van der Waals surface area (Å²) in [5.41, 5.74) is 0.873. The normalized spacial score (nSPS) is 13.4. The Morgan fingerprint density at radius 3 is 2.42 bits per heavy atom. The highest BCUT2D eigenvalue weighted by molar-refractivity contribution is 7.89. The summed E-state index contributed by atoms with van der Waals surface area (Å²) >= 11 is 0. The lowest BCUT2D eigenvalue weighted by Gasteiger charge is -2.20. The fourth-order valence-corrected chi connectivity index (χ4v) is 4.37. The number of Topliss-reactive ketones (excluding diaryl/α,β-unsaturated/α-hetero) is 1. The maximum atomic E-state index is 13.0. The van der Waals surface area contributed by atoms with Gasteiger partial charge in [0, 0.05) is 30.3 Å². The fraction of sp³-hybridized carbons (Fsp3) is 0.273. The van der Waals surface area contributed by atoms with E-state index in [9.17, 15) is 18.0 Å². The molecule has 0 radical (unpaired) electrons. The zero-order valence-electron chi connectivity index (χ0n) is 17.2. The van der Waals surface area contributed by atoms with Gasteiger partial charge in [-0.2, -0.15) is 4.31 Å². The van der Waals surface area contributed by atoms with Crippen molar-refractivity contribution in [1.29, 1.82) is 0 Å². The van der Waals surface area contributed by atoms with Crippen LogP contribution >= 0.6 is 0 Å². The number of rotatable bonds is 8. The quantitative estimate of drug-likeness (QED) is 0.496. The molecule has 1 aliphatic heterocycles. The van der Waals surface area contributed by atoms with E-state index < -0.39 is 22.5 Å². The molecule has 0 saturated heterocycles. The molecule has 0 unspecified atom stereocenters. The van der Waals surface area contributed by atoms with Crippen molar-refractivity contribution in [2.45, 2.75) is 18.2 Å². The third kappa shape index (κ3) is 5.50. The molecule has 9 heteroatoms. The molecular formula is C22H24N2O6S. The number of sulfonamides is 1. The van der Waals surface area contributed by atoms with Gasteiger partial charge in [0.05, 0.1) is 24.7 Å². The smallest absolute Gasteiger partial charge is 0.243 e. The maximum Gasteiger partial charge on any atom is 0.243 e. The van der Waals surface area contributed by atoms with Gasteiger partial charge in [0.1, 0.15) is 0 Å². The Morgan fingerprint density at radius 1 is 1.10 bits per heavy atom. The Bertz CT molecular complexity index is 1080. The number of amides is 1. The van der Waals surface area contributed by atoms with Crippen molar-refractivity contribution in [2.75, 3.05) is 31.6 Å². The van der Waals surface area contributed by atoms with Crippen molar-refractivity contribution in [3.63, 3.8) is 0 Å². The summed E-state index contributed by atoms with van der Waals surface area (Å²) in [5, 5.41) is 2.69. The average molecular weight is 445 g/mol. The van der Waals surface area contributed by atoms with Crippen molar-refractivity contribution in [1.82, 2.24) is 4.31 Å². The minimum atomic E-state index is -3.97. The van der Waals surface area contributed by atoms with Gasteiger partial charge < -0.3 is 14.8 Å². The van der Waals surface area contributed by atoms with Gasteiger partial charge in [0.15, 0.2) is 17.3 Å². The summed E-state index contributed by atoms with van der Waals surface area (Å²) < 4.78 is 38.2. The van der Waals surface area contributed by atoms with E-state index >= 15 is 0 Å². The molecule has 0 bridgehead atoms. The predicted molar refractivity (Wildman–Crippen MR) is 116 cm³/mol. The molecule has 0 atom stereocenters. The van der Waals surface area contributed by atoms with Crippen LogP contribution in [0.4, 0.5) is 5.69 Å². The summed E-state index contributed by atoms with van der Waals surface area (Å²) in [5.74, 6) is 0.443. The van der Waals surface area contributed by atoms with Crippen molar-refractivity contribution in [3.05, 3.63) is 60.7 Å². The lowest BCUT2D eigenvalue weighted by molar-refractivity contribution is -0.116. The largest absolute Gasteiger partial charge is 0.490 e. The molecule has 31 heavy (non-hydrogen) atoms. The Hall–Kier alpha value is -3.17. The molecule has 2 aromatic rings. The molecule has 0 aliphatic carbocycles. The molecule has 1 heterocycles. The zero-order chi connectivity index (χ0) is 22.4. The van der Waals surface area contributed by atoms with Gasteiger partial charge in [0.25, 0.3) is 0 Å². The molecule has 0 saturated carbocycles. The molecule has 0 spiro atoms. The van der Waals surface area contributed by atoms with Crippen LogP contribution in [0, 0.1) is 0 Å². The van der Waals surface area contributed by atoms with E-state index in [-0.39, 0.29) is 17.2 Å². The Morgan fingerprint density at radius 2 is 1.77 bits per heavy atom. The number of nitrogens with zero attached hydrogens (tertiary/aromatic N) is 1. The number of hydrogen-bond acceptors (Lipinski definition) is 6. The van der Waals surface area contributed by atoms with E-state index in [0.29, 0.717) is 36.0 Å². The van der Waals surface area contributed by atoms with Crippen molar-refractivity contribution >= 4 is 27.4 Å². The van der Waals surface area contributed by atoms with E-state index in [0.717, 1.165) is 10.7 Å². The number of anilines is 1. The van der Waals surface area contributed by atoms with Gasteiger partial charge in [0.2, 0.25) is 15.9 Å². The fourth-order valence-electron chi connectivity index (χ4n) is 3.00. The number of benzene rings is 2. The molecule has 8 nitrogen and oxygen atoms in total. The maximum absolute atomic E-state index is 13.0. The van der Waals surface area contributed by atoms with Gasteiger partial charge in [-0.1, -0.05) is 18.2 Å². The number of nitrogens with one attached hydrogen (secondary N) is 1. The highest BCUT2D eigenvalue weighted by Gasteiger charge is 2.26. The van der Waals surface area contributed by atoms with Crippen LogP contribution in [0.25, 0.3) is 0 Å². The average Bonchev–Trinajstić information content (AvgIpc) is 2.98. The van der Waals surface area contributed by atoms with Crippen molar-refractivity contribution < 1.29 is 27.5 Å². The zero-order valence-corrected chi connectivity index (χ0v) is 18.0. The first kappa shape index (κ1) is 22.5. The van der Waals surface area contributed by atoms with Gasteiger partial charge in [-0.15, -0.1) is 6.58 Å². The first-order valence-corrected chi connectivity index (χ1v) is 11.2. The number of hydrogen-bond donors (Lipinski definition) is 1. The van der Waals surface area contributed by atoms with Crippen LogP contribution in [-0.2, 0) is 14.8 Å². The number of ketones is 1. The Balaban J connectivity index is 1.74. The molecule has 164 valence electrons. The summed E-state index contributed by atoms with van der Waals surface area (Å²) in [4.78, 5) is 24.0. The first-order valence-electron chi connectivity index (χ1n) is 9.73. The number of carbonyl (C=O) groups is 2. The SMILES string of the molecule is C=CCN(CC(=O)Nc1ccc2c(c1)OCCCO2)S(=O)(=O)c1ccc(C(C)=O)cc1. The lowest BCUT2D eigenvalue weighted by atomic mass is 10.2. The molecule has 1 aliphatic rings. The van der Waals surface area contributed by atoms with Crippen LogP contribution in [0.5, 0.6) is 11.5 Å². The highest BCUT2D eigenvalue weighted by Crippen LogP contribution is 2.32. The number of ether oxygens (including phenoxy) is 2.